The topological polar surface area (TPSA) is 141 Å². The van der Waals surface area contributed by atoms with Crippen molar-refractivity contribution in [3.05, 3.63) is 22.8 Å². The first-order valence-corrected chi connectivity index (χ1v) is 7.08. The Morgan fingerprint density at radius 3 is 2.58 bits per heavy atom. The van der Waals surface area contributed by atoms with Gasteiger partial charge >= 0.3 is 11.9 Å². The second-order valence-corrected chi connectivity index (χ2v) is 5.70. The summed E-state index contributed by atoms with van der Waals surface area (Å²) in [5.41, 5.74) is -0.182. The molecule has 0 aromatic heterocycles. The number of aromatic hydroxyl groups is 1. The van der Waals surface area contributed by atoms with Gasteiger partial charge in [0.25, 0.3) is 11.8 Å². The van der Waals surface area contributed by atoms with E-state index in [4.69, 9.17) is 14.9 Å². The monoisotopic (exact) mass is 335 g/mol. The van der Waals surface area contributed by atoms with E-state index in [-0.39, 0.29) is 28.9 Å². The molecule has 0 saturated heterocycles. The van der Waals surface area contributed by atoms with Crippen LogP contribution >= 0.6 is 0 Å². The normalized spacial score (nSPS) is 19.7. The quantitative estimate of drug-likeness (QED) is 0.658. The number of carboxylic acid groups (broad SMARTS) is 2. The van der Waals surface area contributed by atoms with Crippen molar-refractivity contribution >= 4 is 23.8 Å². The van der Waals surface area contributed by atoms with Crippen molar-refractivity contribution in [1.82, 2.24) is 4.90 Å². The van der Waals surface area contributed by atoms with Crippen LogP contribution in [-0.4, -0.2) is 56.6 Å². The number of carbonyl (C=O) groups excluding carboxylic acids is 2. The van der Waals surface area contributed by atoms with Gasteiger partial charge in [-0.1, -0.05) is 0 Å². The molecule has 2 aliphatic rings. The average Bonchev–Trinajstić information content (AvgIpc) is 3.02. The molecular weight excluding hydrogens is 322 g/mol. The van der Waals surface area contributed by atoms with E-state index >= 15 is 0 Å². The van der Waals surface area contributed by atoms with Gasteiger partial charge in [-0.2, -0.15) is 0 Å². The molecule has 3 N–H and O–H groups in total. The van der Waals surface area contributed by atoms with E-state index in [1.165, 1.54) is 13.0 Å². The standard InChI is InChI=1S/C15H13NO8/c1-5(15(22)23)8-2-6-9(24-8)3-7-11(12(6)19)14(21)16(13(7)20)4-10(17)18/h3,5,8,19H,2,4H2,1H3,(H,17,18)(H,22,23)/t5-,8+/m0/s1. The van der Waals surface area contributed by atoms with Gasteiger partial charge in [-0.25, -0.2) is 0 Å². The number of aliphatic carboxylic acids is 2. The molecule has 2 aliphatic heterocycles. The van der Waals surface area contributed by atoms with Crippen molar-refractivity contribution in [2.24, 2.45) is 5.92 Å². The van der Waals surface area contributed by atoms with Crippen molar-refractivity contribution in [2.75, 3.05) is 6.54 Å². The molecule has 0 radical (unpaired) electrons. The van der Waals surface area contributed by atoms with Gasteiger partial charge in [0.1, 0.15) is 24.1 Å². The number of hydrogen-bond acceptors (Lipinski definition) is 6. The summed E-state index contributed by atoms with van der Waals surface area (Å²) in [4.78, 5) is 46.8. The first-order chi connectivity index (χ1) is 11.2. The summed E-state index contributed by atoms with van der Waals surface area (Å²) in [6.45, 7) is 0.643. The number of phenols is 1. The van der Waals surface area contributed by atoms with Crippen LogP contribution in [0, 0.1) is 5.92 Å². The number of rotatable bonds is 4. The van der Waals surface area contributed by atoms with Crippen molar-refractivity contribution < 1.29 is 39.2 Å². The molecule has 0 spiro atoms. The summed E-state index contributed by atoms with van der Waals surface area (Å²) in [5.74, 6) is -5.35. The van der Waals surface area contributed by atoms with E-state index in [9.17, 15) is 24.3 Å². The van der Waals surface area contributed by atoms with E-state index in [1.807, 2.05) is 0 Å². The largest absolute Gasteiger partial charge is 0.507 e. The first-order valence-electron chi connectivity index (χ1n) is 7.08. The highest BCUT2D eigenvalue weighted by atomic mass is 16.5. The highest BCUT2D eigenvalue weighted by Crippen LogP contribution is 2.44. The van der Waals surface area contributed by atoms with Crippen molar-refractivity contribution in [2.45, 2.75) is 19.4 Å². The molecule has 1 aromatic carbocycles. The van der Waals surface area contributed by atoms with Gasteiger partial charge in [-0.05, 0) is 13.0 Å². The smallest absolute Gasteiger partial charge is 0.323 e. The van der Waals surface area contributed by atoms with Crippen molar-refractivity contribution in [1.29, 1.82) is 0 Å². The predicted molar refractivity (Wildman–Crippen MR) is 76.0 cm³/mol. The molecule has 3 rings (SSSR count). The Morgan fingerprint density at radius 2 is 2.00 bits per heavy atom. The molecule has 9 heteroatoms. The second kappa shape index (κ2) is 5.22. The molecule has 126 valence electrons. The molecule has 0 bridgehead atoms. The van der Waals surface area contributed by atoms with E-state index in [1.54, 1.807) is 0 Å². The third kappa shape index (κ3) is 2.16. The molecule has 9 nitrogen and oxygen atoms in total. The zero-order chi connectivity index (χ0) is 17.8. The fraction of sp³-hybridized carbons (Fsp3) is 0.333. The zero-order valence-electron chi connectivity index (χ0n) is 12.5. The number of carbonyl (C=O) groups is 4. The minimum Gasteiger partial charge on any atom is -0.507 e. The molecule has 2 amide bonds. The van der Waals surface area contributed by atoms with Crippen molar-refractivity contribution in [3.8, 4) is 11.5 Å². The number of nitrogens with zero attached hydrogens (tertiary/aromatic N) is 1. The molecule has 24 heavy (non-hydrogen) atoms. The highest BCUT2D eigenvalue weighted by Gasteiger charge is 2.43. The van der Waals surface area contributed by atoms with Crippen LogP contribution in [0.25, 0.3) is 0 Å². The van der Waals surface area contributed by atoms with Crippen LogP contribution in [0.3, 0.4) is 0 Å². The zero-order valence-corrected chi connectivity index (χ0v) is 12.5. The minimum absolute atomic E-state index is 0.0717. The van der Waals surface area contributed by atoms with Crippen LogP contribution in [0.5, 0.6) is 11.5 Å². The number of benzene rings is 1. The lowest BCUT2D eigenvalue weighted by Crippen LogP contribution is -2.34. The third-order valence-electron chi connectivity index (χ3n) is 4.22. The van der Waals surface area contributed by atoms with Gasteiger partial charge in [0.05, 0.1) is 17.0 Å². The lowest BCUT2D eigenvalue weighted by Gasteiger charge is -2.14. The Morgan fingerprint density at radius 1 is 1.33 bits per heavy atom. The van der Waals surface area contributed by atoms with Gasteiger partial charge < -0.3 is 20.1 Å². The fourth-order valence-corrected chi connectivity index (χ4v) is 2.87. The van der Waals surface area contributed by atoms with Crippen LogP contribution in [-0.2, 0) is 16.0 Å². The van der Waals surface area contributed by atoms with Crippen LogP contribution in [0.1, 0.15) is 33.2 Å². The fourth-order valence-electron chi connectivity index (χ4n) is 2.87. The summed E-state index contributed by atoms with van der Waals surface area (Å²) in [7, 11) is 0. The summed E-state index contributed by atoms with van der Waals surface area (Å²) in [6, 6.07) is 1.25. The molecule has 1 aromatic rings. The number of fused-ring (bicyclic) bond motifs is 2. The van der Waals surface area contributed by atoms with Crippen LogP contribution in [0.15, 0.2) is 6.07 Å². The van der Waals surface area contributed by atoms with Crippen LogP contribution in [0.4, 0.5) is 0 Å². The number of hydrogen-bond donors (Lipinski definition) is 3. The maximum absolute atomic E-state index is 12.2. The van der Waals surface area contributed by atoms with E-state index in [0.29, 0.717) is 4.90 Å². The number of ether oxygens (including phenoxy) is 1. The van der Waals surface area contributed by atoms with Gasteiger partial charge in [-0.15, -0.1) is 0 Å². The SMILES string of the molecule is C[C@H](C(=O)O)[C@H]1Cc2c(cc3c(c2O)C(=O)N(CC(=O)O)C3=O)O1. The minimum atomic E-state index is -1.36. The molecule has 2 atom stereocenters. The van der Waals surface area contributed by atoms with E-state index < -0.39 is 48.1 Å². The summed E-state index contributed by atoms with van der Waals surface area (Å²) >= 11 is 0. The molecule has 0 unspecified atom stereocenters. The predicted octanol–water partition coefficient (Wildman–Crippen LogP) is 0.0970. The average molecular weight is 335 g/mol. The van der Waals surface area contributed by atoms with Gasteiger partial charge in [0.2, 0.25) is 0 Å². The van der Waals surface area contributed by atoms with Gasteiger partial charge in [0, 0.05) is 12.0 Å². The van der Waals surface area contributed by atoms with Crippen LogP contribution in [0.2, 0.25) is 0 Å². The third-order valence-corrected chi connectivity index (χ3v) is 4.22. The Bertz CT molecular complexity index is 799. The van der Waals surface area contributed by atoms with E-state index in [2.05, 4.69) is 0 Å². The Hall–Kier alpha value is -3.10. The number of imide groups is 1. The maximum Gasteiger partial charge on any atom is 0.323 e. The van der Waals surface area contributed by atoms with Crippen molar-refractivity contribution in [3.63, 3.8) is 0 Å². The van der Waals surface area contributed by atoms with E-state index in [0.717, 1.165) is 0 Å². The maximum atomic E-state index is 12.2. The van der Waals surface area contributed by atoms with Crippen LogP contribution < -0.4 is 4.74 Å². The lowest BCUT2D eigenvalue weighted by atomic mass is 9.96. The molecule has 0 fully saturated rings. The van der Waals surface area contributed by atoms with Gasteiger partial charge in [0.15, 0.2) is 0 Å². The molecule has 0 saturated carbocycles. The number of carboxylic acids is 2. The Kier molecular flexibility index (Phi) is 3.43. The number of phenolic OH excluding ortho intramolecular Hbond substituents is 1. The summed E-state index contributed by atoms with van der Waals surface area (Å²) in [6.07, 6.45) is -0.659. The molecule has 0 aliphatic carbocycles. The summed E-state index contributed by atoms with van der Waals surface area (Å²) in [5, 5.41) is 28.2. The lowest BCUT2D eigenvalue weighted by molar-refractivity contribution is -0.144. The number of amides is 2. The molecular formula is C15H13NO8. The first kappa shape index (κ1) is 15.8. The molecule has 2 heterocycles. The van der Waals surface area contributed by atoms with Gasteiger partial charge in [-0.3, -0.25) is 24.1 Å². The Labute approximate surface area is 135 Å². The second-order valence-electron chi connectivity index (χ2n) is 5.70. The Balaban J connectivity index is 2.00. The summed E-state index contributed by atoms with van der Waals surface area (Å²) < 4.78 is 5.50. The highest BCUT2D eigenvalue weighted by molar-refractivity contribution is 6.23.